The van der Waals surface area contributed by atoms with E-state index in [0.717, 1.165) is 25.9 Å². The number of nitrogens with one attached hydrogen (secondary N) is 1. The molecule has 7 nitrogen and oxygen atoms in total. The summed E-state index contributed by atoms with van der Waals surface area (Å²) < 4.78 is 32.9. The van der Waals surface area contributed by atoms with Crippen LogP contribution in [0.15, 0.2) is 23.1 Å². The number of ether oxygens (including phenoxy) is 1. The molecule has 1 atom stereocenters. The van der Waals surface area contributed by atoms with Crippen LogP contribution in [0, 0.1) is 5.92 Å². The molecule has 1 amide bonds. The number of nitrogens with zero attached hydrogens (tertiary/aromatic N) is 2. The molecule has 1 aromatic carbocycles. The van der Waals surface area contributed by atoms with E-state index < -0.39 is 10.0 Å². The van der Waals surface area contributed by atoms with Gasteiger partial charge in [0.15, 0.2) is 0 Å². The van der Waals surface area contributed by atoms with E-state index in [4.69, 9.17) is 16.3 Å². The summed E-state index contributed by atoms with van der Waals surface area (Å²) >= 11 is 6.01. The van der Waals surface area contributed by atoms with Gasteiger partial charge in [-0.05, 0) is 64.0 Å². The highest BCUT2D eigenvalue weighted by Crippen LogP contribution is 2.32. The van der Waals surface area contributed by atoms with Crippen molar-refractivity contribution in [3.05, 3.63) is 23.2 Å². The molecule has 2 heterocycles. The van der Waals surface area contributed by atoms with Gasteiger partial charge in [-0.15, -0.1) is 0 Å². The molecule has 0 saturated carbocycles. The molecule has 1 unspecified atom stereocenters. The van der Waals surface area contributed by atoms with Gasteiger partial charge in [0.2, 0.25) is 15.9 Å². The van der Waals surface area contributed by atoms with Gasteiger partial charge in [-0.25, -0.2) is 8.42 Å². The molecular formula is C19H28ClN3O4S. The zero-order chi connectivity index (χ0) is 20.3. The van der Waals surface area contributed by atoms with Crippen molar-refractivity contribution in [2.75, 3.05) is 40.3 Å². The first-order valence-corrected chi connectivity index (χ1v) is 11.5. The molecule has 0 bridgehead atoms. The SMILES string of the molecule is COc1ccc(Cl)cc1S(=O)(=O)N1CCCC(C(=O)NC2CCN(C)CC2)C1. The predicted molar refractivity (Wildman–Crippen MR) is 108 cm³/mol. The lowest BCUT2D eigenvalue weighted by Gasteiger charge is -2.34. The Labute approximate surface area is 172 Å². The molecule has 1 aromatic rings. The first kappa shape index (κ1) is 21.4. The second-order valence-corrected chi connectivity index (χ2v) is 9.93. The smallest absolute Gasteiger partial charge is 0.246 e. The Morgan fingerprint density at radius 3 is 2.61 bits per heavy atom. The summed E-state index contributed by atoms with van der Waals surface area (Å²) in [6, 6.07) is 4.71. The molecule has 9 heteroatoms. The fraction of sp³-hybridized carbons (Fsp3) is 0.632. The monoisotopic (exact) mass is 429 g/mol. The summed E-state index contributed by atoms with van der Waals surface area (Å²) in [6.45, 7) is 2.49. The maximum absolute atomic E-state index is 13.2. The van der Waals surface area contributed by atoms with Crippen LogP contribution in [0.2, 0.25) is 5.02 Å². The number of hydrogen-bond acceptors (Lipinski definition) is 5. The third kappa shape index (κ3) is 4.79. The van der Waals surface area contributed by atoms with Crippen LogP contribution in [0.3, 0.4) is 0 Å². The van der Waals surface area contributed by atoms with E-state index in [1.54, 1.807) is 12.1 Å². The zero-order valence-corrected chi connectivity index (χ0v) is 17.9. The van der Waals surface area contributed by atoms with E-state index in [9.17, 15) is 13.2 Å². The molecule has 0 aromatic heterocycles. The highest BCUT2D eigenvalue weighted by molar-refractivity contribution is 7.89. The second-order valence-electron chi connectivity index (χ2n) is 7.58. The minimum absolute atomic E-state index is 0.0406. The van der Waals surface area contributed by atoms with Crippen LogP contribution in [-0.2, 0) is 14.8 Å². The fourth-order valence-corrected chi connectivity index (χ4v) is 5.78. The number of carbonyl (C=O) groups is 1. The topological polar surface area (TPSA) is 79.0 Å². The van der Waals surface area contributed by atoms with Crippen molar-refractivity contribution in [1.82, 2.24) is 14.5 Å². The van der Waals surface area contributed by atoms with Gasteiger partial charge in [0.05, 0.1) is 13.0 Å². The number of carbonyl (C=O) groups excluding carboxylic acids is 1. The van der Waals surface area contributed by atoms with Crippen molar-refractivity contribution in [1.29, 1.82) is 0 Å². The lowest BCUT2D eigenvalue weighted by atomic mass is 9.97. The quantitative estimate of drug-likeness (QED) is 0.774. The van der Waals surface area contributed by atoms with Crippen LogP contribution < -0.4 is 10.1 Å². The third-order valence-corrected chi connectivity index (χ3v) is 7.68. The van der Waals surface area contributed by atoms with Crippen LogP contribution in [0.1, 0.15) is 25.7 Å². The summed E-state index contributed by atoms with van der Waals surface area (Å²) in [6.07, 6.45) is 3.19. The lowest BCUT2D eigenvalue weighted by molar-refractivity contribution is -0.127. The summed E-state index contributed by atoms with van der Waals surface area (Å²) in [5.74, 6) is -0.136. The second kappa shape index (κ2) is 8.98. The Morgan fingerprint density at radius 1 is 1.21 bits per heavy atom. The molecule has 156 valence electrons. The van der Waals surface area contributed by atoms with E-state index in [1.165, 1.54) is 17.5 Å². The van der Waals surface area contributed by atoms with Crippen molar-refractivity contribution >= 4 is 27.5 Å². The molecule has 28 heavy (non-hydrogen) atoms. The van der Waals surface area contributed by atoms with Gasteiger partial charge in [0, 0.05) is 24.2 Å². The largest absolute Gasteiger partial charge is 0.495 e. The van der Waals surface area contributed by atoms with Gasteiger partial charge < -0.3 is 15.0 Å². The summed E-state index contributed by atoms with van der Waals surface area (Å²) in [5.41, 5.74) is 0. The Kier molecular flexibility index (Phi) is 6.85. The van der Waals surface area contributed by atoms with Crippen LogP contribution in [0.5, 0.6) is 5.75 Å². The Bertz CT molecular complexity index is 809. The number of sulfonamides is 1. The van der Waals surface area contributed by atoms with Gasteiger partial charge in [-0.3, -0.25) is 4.79 Å². The third-order valence-electron chi connectivity index (χ3n) is 5.56. The van der Waals surface area contributed by atoms with E-state index in [2.05, 4.69) is 17.3 Å². The average Bonchev–Trinajstić information content (AvgIpc) is 2.69. The first-order valence-electron chi connectivity index (χ1n) is 9.64. The Balaban J connectivity index is 1.70. The Morgan fingerprint density at radius 2 is 1.93 bits per heavy atom. The molecule has 2 saturated heterocycles. The number of hydrogen-bond donors (Lipinski definition) is 1. The summed E-state index contributed by atoms with van der Waals surface area (Å²) in [4.78, 5) is 15.0. The first-order chi connectivity index (χ1) is 13.3. The molecule has 0 radical (unpaired) electrons. The average molecular weight is 430 g/mol. The van der Waals surface area contributed by atoms with Gasteiger partial charge in [-0.2, -0.15) is 4.31 Å². The maximum atomic E-state index is 13.2. The van der Waals surface area contributed by atoms with Crippen molar-refractivity contribution in [3.8, 4) is 5.75 Å². The Hall–Kier alpha value is -1.35. The van der Waals surface area contributed by atoms with E-state index >= 15 is 0 Å². The molecular weight excluding hydrogens is 402 g/mol. The normalized spacial score (nSPS) is 22.8. The number of rotatable bonds is 5. The zero-order valence-electron chi connectivity index (χ0n) is 16.4. The number of benzene rings is 1. The maximum Gasteiger partial charge on any atom is 0.246 e. The molecule has 3 rings (SSSR count). The van der Waals surface area contributed by atoms with Gasteiger partial charge in [0.1, 0.15) is 10.6 Å². The van der Waals surface area contributed by atoms with Crippen molar-refractivity contribution in [2.45, 2.75) is 36.6 Å². The number of halogens is 1. The minimum Gasteiger partial charge on any atom is -0.495 e. The van der Waals surface area contributed by atoms with Crippen LogP contribution in [0.4, 0.5) is 0 Å². The number of likely N-dealkylation sites (tertiary alicyclic amines) is 1. The lowest BCUT2D eigenvalue weighted by Crippen LogP contribution is -2.49. The standard InChI is InChI=1S/C19H28ClN3O4S/c1-22-10-7-16(8-11-22)21-19(24)14-4-3-9-23(13-14)28(25,26)18-12-15(20)5-6-17(18)27-2/h5-6,12,14,16H,3-4,7-11,13H2,1-2H3,(H,21,24). The molecule has 2 aliphatic heterocycles. The van der Waals surface area contributed by atoms with E-state index in [-0.39, 0.29) is 35.1 Å². The van der Waals surface area contributed by atoms with Crippen LogP contribution in [-0.4, -0.2) is 69.9 Å². The minimum atomic E-state index is -3.80. The molecule has 0 spiro atoms. The summed E-state index contributed by atoms with van der Waals surface area (Å²) in [7, 11) is -0.295. The van der Waals surface area contributed by atoms with Gasteiger partial charge in [0.25, 0.3) is 0 Å². The van der Waals surface area contributed by atoms with Gasteiger partial charge in [-0.1, -0.05) is 11.6 Å². The van der Waals surface area contributed by atoms with Gasteiger partial charge >= 0.3 is 0 Å². The molecule has 0 aliphatic carbocycles. The van der Waals surface area contributed by atoms with Crippen LogP contribution >= 0.6 is 11.6 Å². The highest BCUT2D eigenvalue weighted by atomic mass is 35.5. The highest BCUT2D eigenvalue weighted by Gasteiger charge is 2.35. The van der Waals surface area contributed by atoms with E-state index in [1.807, 2.05) is 0 Å². The van der Waals surface area contributed by atoms with Crippen molar-refractivity contribution in [3.63, 3.8) is 0 Å². The number of amides is 1. The van der Waals surface area contributed by atoms with E-state index in [0.29, 0.717) is 24.4 Å². The number of methoxy groups -OCH3 is 1. The molecule has 2 fully saturated rings. The molecule has 1 N–H and O–H groups in total. The number of piperidine rings is 2. The fourth-order valence-electron chi connectivity index (χ4n) is 3.84. The predicted octanol–water partition coefficient (Wildman–Crippen LogP) is 1.96. The van der Waals surface area contributed by atoms with Crippen molar-refractivity contribution in [2.24, 2.45) is 5.92 Å². The van der Waals surface area contributed by atoms with Crippen molar-refractivity contribution < 1.29 is 17.9 Å². The van der Waals surface area contributed by atoms with Crippen LogP contribution in [0.25, 0.3) is 0 Å². The molecule has 2 aliphatic rings. The summed E-state index contributed by atoms with van der Waals surface area (Å²) in [5, 5.41) is 3.45.